The zero-order chi connectivity index (χ0) is 11.6. The van der Waals surface area contributed by atoms with E-state index in [1.165, 1.54) is 0 Å². The second-order valence-corrected chi connectivity index (χ2v) is 4.86. The van der Waals surface area contributed by atoms with Crippen LogP contribution in [0.4, 0.5) is 0 Å². The van der Waals surface area contributed by atoms with Crippen molar-refractivity contribution in [2.75, 3.05) is 0 Å². The van der Waals surface area contributed by atoms with E-state index in [1.807, 2.05) is 20.8 Å². The van der Waals surface area contributed by atoms with Crippen LogP contribution in [0.25, 0.3) is 0 Å². The molecule has 1 amide bonds. The van der Waals surface area contributed by atoms with Gasteiger partial charge in [-0.2, -0.15) is 0 Å². The van der Waals surface area contributed by atoms with Gasteiger partial charge in [-0.3, -0.25) is 9.59 Å². The summed E-state index contributed by atoms with van der Waals surface area (Å²) in [6.45, 7) is 5.88. The van der Waals surface area contributed by atoms with E-state index < -0.39 is 11.9 Å². The Labute approximate surface area is 90.0 Å². The van der Waals surface area contributed by atoms with Gasteiger partial charge in [0.1, 0.15) is 0 Å². The topological polar surface area (TPSA) is 66.4 Å². The van der Waals surface area contributed by atoms with Gasteiger partial charge in [0.25, 0.3) is 0 Å². The summed E-state index contributed by atoms with van der Waals surface area (Å²) in [5.41, 5.74) is -0.240. The van der Waals surface area contributed by atoms with E-state index >= 15 is 0 Å². The maximum Gasteiger partial charge on any atom is 0.307 e. The molecule has 15 heavy (non-hydrogen) atoms. The summed E-state index contributed by atoms with van der Waals surface area (Å²) in [7, 11) is 0. The lowest BCUT2D eigenvalue weighted by atomic mass is 9.73. The summed E-state index contributed by atoms with van der Waals surface area (Å²) >= 11 is 0. The Morgan fingerprint density at radius 2 is 1.87 bits per heavy atom. The monoisotopic (exact) mass is 213 g/mol. The molecule has 2 atom stereocenters. The van der Waals surface area contributed by atoms with Gasteiger partial charge < -0.3 is 10.4 Å². The van der Waals surface area contributed by atoms with Gasteiger partial charge in [0.05, 0.1) is 11.8 Å². The summed E-state index contributed by atoms with van der Waals surface area (Å²) in [4.78, 5) is 22.5. The maximum absolute atomic E-state index is 11.7. The molecule has 86 valence electrons. The molecule has 0 aliphatic heterocycles. The molecule has 0 aromatic heterocycles. The summed E-state index contributed by atoms with van der Waals surface area (Å²) in [5.74, 6) is -1.76. The summed E-state index contributed by atoms with van der Waals surface area (Å²) in [6.07, 6.45) is 2.16. The van der Waals surface area contributed by atoms with Crippen LogP contribution in [-0.4, -0.2) is 22.5 Å². The van der Waals surface area contributed by atoms with Crippen molar-refractivity contribution in [2.24, 2.45) is 11.8 Å². The van der Waals surface area contributed by atoms with Gasteiger partial charge in [0, 0.05) is 5.54 Å². The minimum absolute atomic E-state index is 0.111. The average Bonchev–Trinajstić information content (AvgIpc) is 1.99. The number of carboxylic acids is 1. The number of amides is 1. The fraction of sp³-hybridized carbons (Fsp3) is 0.818. The van der Waals surface area contributed by atoms with Gasteiger partial charge in [-0.15, -0.1) is 0 Å². The molecule has 0 heterocycles. The molecule has 1 fully saturated rings. The molecule has 0 aromatic rings. The number of carbonyl (C=O) groups excluding carboxylic acids is 1. The number of hydrogen-bond acceptors (Lipinski definition) is 2. The van der Waals surface area contributed by atoms with Crippen LogP contribution in [0.15, 0.2) is 0 Å². The second-order valence-electron chi connectivity index (χ2n) is 4.86. The minimum atomic E-state index is -0.851. The lowest BCUT2D eigenvalue weighted by molar-refractivity contribution is -0.153. The molecule has 4 nitrogen and oxygen atoms in total. The van der Waals surface area contributed by atoms with Crippen molar-refractivity contribution < 1.29 is 14.7 Å². The highest BCUT2D eigenvalue weighted by atomic mass is 16.4. The molecule has 4 heteroatoms. The first kappa shape index (κ1) is 12.0. The van der Waals surface area contributed by atoms with Crippen LogP contribution in [0.1, 0.15) is 40.0 Å². The minimum Gasteiger partial charge on any atom is -0.481 e. The van der Waals surface area contributed by atoms with Crippen LogP contribution >= 0.6 is 0 Å². The predicted molar refractivity (Wildman–Crippen MR) is 56.4 cm³/mol. The van der Waals surface area contributed by atoms with E-state index in [0.717, 1.165) is 6.42 Å². The molecule has 0 radical (unpaired) electrons. The molecule has 2 unspecified atom stereocenters. The van der Waals surface area contributed by atoms with Crippen molar-refractivity contribution in [2.45, 2.75) is 45.6 Å². The third kappa shape index (κ3) is 2.70. The quantitative estimate of drug-likeness (QED) is 0.741. The van der Waals surface area contributed by atoms with Gasteiger partial charge in [-0.05, 0) is 33.1 Å². The van der Waals surface area contributed by atoms with Crippen LogP contribution in [0.3, 0.4) is 0 Å². The molecule has 0 saturated heterocycles. The first-order chi connectivity index (χ1) is 6.87. The number of nitrogens with one attached hydrogen (secondary N) is 1. The normalized spacial score (nSPS) is 25.5. The van der Waals surface area contributed by atoms with E-state index in [9.17, 15) is 9.59 Å². The van der Waals surface area contributed by atoms with Crippen LogP contribution in [0.5, 0.6) is 0 Å². The second kappa shape index (κ2) is 4.21. The zero-order valence-electron chi connectivity index (χ0n) is 9.54. The van der Waals surface area contributed by atoms with Gasteiger partial charge in [-0.1, -0.05) is 6.92 Å². The maximum atomic E-state index is 11.7. The highest BCUT2D eigenvalue weighted by molar-refractivity contribution is 5.86. The van der Waals surface area contributed by atoms with Gasteiger partial charge in [0.15, 0.2) is 0 Å². The van der Waals surface area contributed by atoms with Crippen molar-refractivity contribution in [3.63, 3.8) is 0 Å². The van der Waals surface area contributed by atoms with E-state index in [2.05, 4.69) is 5.32 Å². The van der Waals surface area contributed by atoms with E-state index in [4.69, 9.17) is 5.11 Å². The van der Waals surface area contributed by atoms with Gasteiger partial charge in [-0.25, -0.2) is 0 Å². The number of hydrogen-bond donors (Lipinski definition) is 2. The summed E-state index contributed by atoms with van der Waals surface area (Å²) < 4.78 is 0. The fourth-order valence-corrected chi connectivity index (χ4v) is 1.62. The Kier molecular flexibility index (Phi) is 3.37. The van der Waals surface area contributed by atoms with Crippen LogP contribution in [0, 0.1) is 11.8 Å². The number of rotatable bonds is 4. The number of carboxylic acid groups (broad SMARTS) is 1. The van der Waals surface area contributed by atoms with E-state index in [1.54, 1.807) is 0 Å². The molecule has 2 N–H and O–H groups in total. The summed E-state index contributed by atoms with van der Waals surface area (Å²) in [6, 6.07) is 0. The Balaban J connectivity index is 2.52. The molecule has 0 spiro atoms. The lowest BCUT2D eigenvalue weighted by Gasteiger charge is -2.35. The van der Waals surface area contributed by atoms with Crippen molar-refractivity contribution >= 4 is 11.9 Å². The predicted octanol–water partition coefficient (Wildman–Crippen LogP) is 1.40. The van der Waals surface area contributed by atoms with Crippen molar-refractivity contribution in [1.29, 1.82) is 0 Å². The Bertz CT molecular complexity index is 273. The Hall–Kier alpha value is -1.06. The first-order valence-electron chi connectivity index (χ1n) is 5.42. The highest BCUT2D eigenvalue weighted by Crippen LogP contribution is 2.35. The highest BCUT2D eigenvalue weighted by Gasteiger charge is 2.42. The first-order valence-corrected chi connectivity index (χ1v) is 5.42. The van der Waals surface area contributed by atoms with Crippen LogP contribution in [0.2, 0.25) is 0 Å². The van der Waals surface area contributed by atoms with Crippen molar-refractivity contribution in [3.05, 3.63) is 0 Å². The molecular weight excluding hydrogens is 194 g/mol. The molecule has 1 aliphatic carbocycles. The zero-order valence-corrected chi connectivity index (χ0v) is 9.54. The molecular formula is C11H19NO3. The number of carbonyl (C=O) groups is 2. The molecule has 0 bridgehead atoms. The third-order valence-corrected chi connectivity index (χ3v) is 3.27. The standard InChI is InChI=1S/C11H19NO3/c1-4-11(2,3)12-9(13)7-5-6-8(7)10(14)15/h7-8H,4-6H2,1-3H3,(H,12,13)(H,14,15). The average molecular weight is 213 g/mol. The molecule has 1 aliphatic rings. The Morgan fingerprint density at radius 3 is 2.20 bits per heavy atom. The number of aliphatic carboxylic acids is 1. The lowest BCUT2D eigenvalue weighted by Crippen LogP contribution is -2.51. The smallest absolute Gasteiger partial charge is 0.307 e. The SMILES string of the molecule is CCC(C)(C)NC(=O)C1CCC1C(=O)O. The van der Waals surface area contributed by atoms with Crippen LogP contribution in [-0.2, 0) is 9.59 Å². The fourth-order valence-electron chi connectivity index (χ4n) is 1.62. The van der Waals surface area contributed by atoms with E-state index in [0.29, 0.717) is 12.8 Å². The summed E-state index contributed by atoms with van der Waals surface area (Å²) in [5, 5.41) is 11.7. The largest absolute Gasteiger partial charge is 0.481 e. The van der Waals surface area contributed by atoms with Gasteiger partial charge in [0.2, 0.25) is 5.91 Å². The third-order valence-electron chi connectivity index (χ3n) is 3.27. The van der Waals surface area contributed by atoms with E-state index in [-0.39, 0.29) is 17.4 Å². The molecule has 1 rings (SSSR count). The van der Waals surface area contributed by atoms with Crippen LogP contribution < -0.4 is 5.32 Å². The molecule has 0 aromatic carbocycles. The van der Waals surface area contributed by atoms with Crippen molar-refractivity contribution in [3.8, 4) is 0 Å². The van der Waals surface area contributed by atoms with Gasteiger partial charge >= 0.3 is 5.97 Å². The van der Waals surface area contributed by atoms with Crippen molar-refractivity contribution in [1.82, 2.24) is 5.32 Å². The Morgan fingerprint density at radius 1 is 1.33 bits per heavy atom. The molecule has 1 saturated carbocycles.